The summed E-state index contributed by atoms with van der Waals surface area (Å²) in [4.78, 5) is 11.0. The molecule has 0 saturated carbocycles. The van der Waals surface area contributed by atoms with Gasteiger partial charge in [-0.05, 0) is 18.6 Å². The number of amides is 1. The van der Waals surface area contributed by atoms with Crippen molar-refractivity contribution >= 4 is 40.7 Å². The van der Waals surface area contributed by atoms with Gasteiger partial charge in [0.2, 0.25) is 5.91 Å². The fourth-order valence-electron chi connectivity index (χ4n) is 1.62. The molecule has 1 heterocycles. The quantitative estimate of drug-likeness (QED) is 0.490. The maximum atomic E-state index is 14.3. The summed E-state index contributed by atoms with van der Waals surface area (Å²) < 4.78 is 19.7. The van der Waals surface area contributed by atoms with Crippen LogP contribution in [0.2, 0.25) is 5.02 Å². The molecule has 5 nitrogen and oxygen atoms in total. The molecular weight excluding hydrogens is 329 g/mol. The Kier molecular flexibility index (Phi) is 6.21. The highest BCUT2D eigenvalue weighted by molar-refractivity contribution is 8.15. The van der Waals surface area contributed by atoms with Crippen LogP contribution in [0.1, 0.15) is 25.3 Å². The summed E-state index contributed by atoms with van der Waals surface area (Å²) in [6.07, 6.45) is 3.02. The molecule has 118 valence electrons. The number of nitrogens with one attached hydrogen (secondary N) is 1. The van der Waals surface area contributed by atoms with Crippen LogP contribution in [0.5, 0.6) is 5.75 Å². The number of hydrogen-bond donors (Lipinski definition) is 1. The molecular formula is C14H15ClFN3O2S. The number of rotatable bonds is 6. The van der Waals surface area contributed by atoms with Gasteiger partial charge in [-0.3, -0.25) is 4.79 Å². The molecule has 0 aromatic heterocycles. The molecule has 1 fully saturated rings. The van der Waals surface area contributed by atoms with E-state index in [0.717, 1.165) is 12.8 Å². The first kappa shape index (κ1) is 16.8. The molecule has 0 radical (unpaired) electrons. The number of halogens is 2. The predicted molar refractivity (Wildman–Crippen MR) is 87.4 cm³/mol. The molecule has 8 heteroatoms. The first-order valence-corrected chi connectivity index (χ1v) is 8.12. The Balaban J connectivity index is 2.12. The number of amidine groups is 1. The summed E-state index contributed by atoms with van der Waals surface area (Å²) in [6, 6.07) is 3.04. The smallest absolute Gasteiger partial charge is 0.236 e. The molecule has 0 aliphatic carbocycles. The molecule has 1 saturated heterocycles. The zero-order chi connectivity index (χ0) is 15.9. The van der Waals surface area contributed by atoms with Gasteiger partial charge in [-0.1, -0.05) is 36.7 Å². The van der Waals surface area contributed by atoms with E-state index in [4.69, 9.17) is 16.3 Å². The third-order valence-electron chi connectivity index (χ3n) is 2.77. The molecule has 2 rings (SSSR count). The normalized spacial score (nSPS) is 16.5. The largest absolute Gasteiger partial charge is 0.490 e. The molecule has 22 heavy (non-hydrogen) atoms. The number of hydrogen-bond acceptors (Lipinski definition) is 5. The van der Waals surface area contributed by atoms with Gasteiger partial charge in [0.05, 0.1) is 29.2 Å². The molecule has 1 amide bonds. The first-order valence-electron chi connectivity index (χ1n) is 6.76. The van der Waals surface area contributed by atoms with E-state index in [1.165, 1.54) is 24.0 Å². The molecule has 0 atom stereocenters. The van der Waals surface area contributed by atoms with Gasteiger partial charge in [0.15, 0.2) is 16.7 Å². The van der Waals surface area contributed by atoms with Crippen molar-refractivity contribution in [2.24, 2.45) is 10.2 Å². The lowest BCUT2D eigenvalue weighted by Gasteiger charge is -2.08. The highest BCUT2D eigenvalue weighted by atomic mass is 35.5. The van der Waals surface area contributed by atoms with Gasteiger partial charge >= 0.3 is 0 Å². The van der Waals surface area contributed by atoms with E-state index >= 15 is 0 Å². The molecule has 1 aliphatic heterocycles. The highest BCUT2D eigenvalue weighted by Gasteiger charge is 2.16. The van der Waals surface area contributed by atoms with Gasteiger partial charge in [-0.2, -0.15) is 5.10 Å². The van der Waals surface area contributed by atoms with Crippen LogP contribution in [0.25, 0.3) is 0 Å². The summed E-state index contributed by atoms with van der Waals surface area (Å²) >= 11 is 7.21. The van der Waals surface area contributed by atoms with Gasteiger partial charge in [0.1, 0.15) is 0 Å². The summed E-state index contributed by atoms with van der Waals surface area (Å²) in [5, 5.41) is 10.7. The van der Waals surface area contributed by atoms with E-state index in [1.54, 1.807) is 6.07 Å². The lowest BCUT2D eigenvalue weighted by atomic mass is 10.2. The number of benzene rings is 1. The minimum Gasteiger partial charge on any atom is -0.490 e. The number of unbranched alkanes of at least 4 members (excludes halogenated alkanes) is 1. The van der Waals surface area contributed by atoms with Crippen LogP contribution in [0.15, 0.2) is 22.3 Å². The van der Waals surface area contributed by atoms with Crippen molar-refractivity contribution in [2.75, 3.05) is 12.4 Å². The molecule has 0 spiro atoms. The third kappa shape index (κ3) is 4.45. The molecule has 1 aromatic rings. The Labute approximate surface area is 137 Å². The maximum Gasteiger partial charge on any atom is 0.236 e. The molecule has 1 N–H and O–H groups in total. The van der Waals surface area contributed by atoms with Crippen LogP contribution in [-0.4, -0.2) is 29.6 Å². The van der Waals surface area contributed by atoms with Gasteiger partial charge in [0, 0.05) is 0 Å². The highest BCUT2D eigenvalue weighted by Crippen LogP contribution is 2.26. The average Bonchev–Trinajstić information content (AvgIpc) is 2.90. The Morgan fingerprint density at radius 2 is 2.36 bits per heavy atom. The van der Waals surface area contributed by atoms with E-state index in [2.05, 4.69) is 15.5 Å². The summed E-state index contributed by atoms with van der Waals surface area (Å²) in [5.41, 5.74) is 0.106. The van der Waals surface area contributed by atoms with E-state index in [-0.39, 0.29) is 22.2 Å². The van der Waals surface area contributed by atoms with Gasteiger partial charge in [-0.15, -0.1) is 5.10 Å². The Bertz CT molecular complexity index is 622. The zero-order valence-electron chi connectivity index (χ0n) is 11.9. The third-order valence-corrected chi connectivity index (χ3v) is 3.96. The Morgan fingerprint density at radius 1 is 1.55 bits per heavy atom. The van der Waals surface area contributed by atoms with Crippen molar-refractivity contribution in [3.8, 4) is 5.75 Å². The van der Waals surface area contributed by atoms with Crippen molar-refractivity contribution in [1.29, 1.82) is 0 Å². The van der Waals surface area contributed by atoms with Crippen molar-refractivity contribution in [3.63, 3.8) is 0 Å². The Morgan fingerprint density at radius 3 is 3.05 bits per heavy atom. The van der Waals surface area contributed by atoms with Gasteiger partial charge < -0.3 is 10.1 Å². The summed E-state index contributed by atoms with van der Waals surface area (Å²) in [6.45, 7) is 2.47. The summed E-state index contributed by atoms with van der Waals surface area (Å²) in [5.74, 6) is -0.259. The van der Waals surface area contributed by atoms with Crippen molar-refractivity contribution in [2.45, 2.75) is 19.8 Å². The van der Waals surface area contributed by atoms with Crippen molar-refractivity contribution < 1.29 is 13.9 Å². The van der Waals surface area contributed by atoms with Crippen molar-refractivity contribution in [3.05, 3.63) is 28.5 Å². The molecule has 1 aliphatic rings. The first-order chi connectivity index (χ1) is 10.6. The minimum atomic E-state index is -0.573. The standard InChI is InChI=1S/C14H15ClFN3O2S/c1-2-3-6-21-11-5-4-10(15)9(13(11)16)7-17-19-14-18-12(20)8-22-14/h4-5,7H,2-3,6,8H2,1H3,(H,18,19,20). The van der Waals surface area contributed by atoms with E-state index < -0.39 is 5.82 Å². The van der Waals surface area contributed by atoms with E-state index in [0.29, 0.717) is 17.5 Å². The number of nitrogens with zero attached hydrogens (tertiary/aromatic N) is 2. The zero-order valence-corrected chi connectivity index (χ0v) is 13.5. The van der Waals surface area contributed by atoms with Gasteiger partial charge in [0.25, 0.3) is 0 Å². The van der Waals surface area contributed by atoms with E-state index in [9.17, 15) is 9.18 Å². The Hall–Kier alpha value is -1.60. The lowest BCUT2D eigenvalue weighted by Crippen LogP contribution is -2.19. The average molecular weight is 344 g/mol. The van der Waals surface area contributed by atoms with Crippen LogP contribution in [0, 0.1) is 5.82 Å². The fourth-order valence-corrected chi connectivity index (χ4v) is 2.45. The lowest BCUT2D eigenvalue weighted by molar-refractivity contribution is -0.116. The van der Waals surface area contributed by atoms with Crippen LogP contribution in [0.4, 0.5) is 4.39 Å². The van der Waals surface area contributed by atoms with Crippen LogP contribution in [-0.2, 0) is 4.79 Å². The van der Waals surface area contributed by atoms with Crippen LogP contribution >= 0.6 is 23.4 Å². The number of carbonyl (C=O) groups is 1. The monoisotopic (exact) mass is 343 g/mol. The van der Waals surface area contributed by atoms with E-state index in [1.807, 2.05) is 6.92 Å². The van der Waals surface area contributed by atoms with Gasteiger partial charge in [-0.25, -0.2) is 4.39 Å². The van der Waals surface area contributed by atoms with Crippen molar-refractivity contribution in [1.82, 2.24) is 5.32 Å². The minimum absolute atomic E-state index is 0.106. The number of thioether (sulfide) groups is 1. The molecule has 1 aromatic carbocycles. The van der Waals surface area contributed by atoms with Crippen LogP contribution < -0.4 is 10.1 Å². The molecule has 0 unspecified atom stereocenters. The number of carbonyl (C=O) groups excluding carboxylic acids is 1. The topological polar surface area (TPSA) is 63.1 Å². The summed E-state index contributed by atoms with van der Waals surface area (Å²) in [7, 11) is 0. The second kappa shape index (κ2) is 8.14. The SMILES string of the molecule is CCCCOc1ccc(Cl)c(C=NN=C2NC(=O)CS2)c1F. The van der Waals surface area contributed by atoms with Crippen LogP contribution in [0.3, 0.4) is 0 Å². The predicted octanol–water partition coefficient (Wildman–Crippen LogP) is 3.21. The second-order valence-corrected chi connectivity index (χ2v) is 5.83. The molecule has 0 bridgehead atoms. The fraction of sp³-hybridized carbons (Fsp3) is 0.357. The second-order valence-electron chi connectivity index (χ2n) is 4.46. The maximum absolute atomic E-state index is 14.3. The number of ether oxygens (including phenoxy) is 1.